The van der Waals surface area contributed by atoms with E-state index in [0.29, 0.717) is 6.42 Å². The van der Waals surface area contributed by atoms with Crippen molar-refractivity contribution in [1.29, 1.82) is 0 Å². The SMILES string of the molecule is CN(C)C(=O)[C@]1(Cc2cc(-c3ccccc3)no2)CCCN(Cc2ccccc2)C1. The maximum atomic E-state index is 13.3. The molecule has 1 aliphatic rings. The lowest BCUT2D eigenvalue weighted by Gasteiger charge is -2.42. The summed E-state index contributed by atoms with van der Waals surface area (Å²) in [5.41, 5.74) is 2.62. The molecule has 4 rings (SSSR count). The second-order valence-corrected chi connectivity index (χ2v) is 8.50. The number of piperidine rings is 1. The number of aromatic nitrogens is 1. The normalized spacial score (nSPS) is 19.5. The Hall–Kier alpha value is -2.92. The van der Waals surface area contributed by atoms with Gasteiger partial charge >= 0.3 is 0 Å². The third-order valence-corrected chi connectivity index (χ3v) is 5.91. The van der Waals surface area contributed by atoms with Crippen LogP contribution in [0.4, 0.5) is 0 Å². The molecule has 1 atom stereocenters. The van der Waals surface area contributed by atoms with Crippen LogP contribution in [0.3, 0.4) is 0 Å². The molecule has 30 heavy (non-hydrogen) atoms. The van der Waals surface area contributed by atoms with Crippen LogP contribution < -0.4 is 0 Å². The van der Waals surface area contributed by atoms with Crippen molar-refractivity contribution in [3.05, 3.63) is 78.1 Å². The molecule has 0 radical (unpaired) electrons. The van der Waals surface area contributed by atoms with Crippen LogP contribution in [-0.4, -0.2) is 48.0 Å². The Kier molecular flexibility index (Phi) is 6.00. The Bertz CT molecular complexity index is 968. The number of carbonyl (C=O) groups excluding carboxylic acids is 1. The van der Waals surface area contributed by atoms with Gasteiger partial charge < -0.3 is 9.42 Å². The third-order valence-electron chi connectivity index (χ3n) is 5.91. The second kappa shape index (κ2) is 8.84. The first kappa shape index (κ1) is 20.4. The average Bonchev–Trinajstić information content (AvgIpc) is 3.23. The molecule has 0 spiro atoms. The zero-order valence-corrected chi connectivity index (χ0v) is 17.8. The molecule has 1 amide bonds. The number of amides is 1. The lowest BCUT2D eigenvalue weighted by Crippen LogP contribution is -2.52. The van der Waals surface area contributed by atoms with E-state index in [0.717, 1.165) is 49.5 Å². The van der Waals surface area contributed by atoms with Crippen molar-refractivity contribution in [1.82, 2.24) is 15.0 Å². The van der Waals surface area contributed by atoms with Crippen molar-refractivity contribution >= 4 is 5.91 Å². The highest BCUT2D eigenvalue weighted by Gasteiger charge is 2.44. The van der Waals surface area contributed by atoms with Crippen molar-refractivity contribution in [2.75, 3.05) is 27.2 Å². The van der Waals surface area contributed by atoms with E-state index in [1.165, 1.54) is 5.56 Å². The van der Waals surface area contributed by atoms with Crippen LogP contribution in [0.5, 0.6) is 0 Å². The lowest BCUT2D eigenvalue weighted by atomic mass is 9.75. The van der Waals surface area contributed by atoms with Gasteiger partial charge in [-0.15, -0.1) is 0 Å². The number of hydrogen-bond acceptors (Lipinski definition) is 4. The Balaban J connectivity index is 1.57. The number of hydrogen-bond donors (Lipinski definition) is 0. The van der Waals surface area contributed by atoms with Gasteiger partial charge in [-0.1, -0.05) is 65.8 Å². The van der Waals surface area contributed by atoms with Crippen molar-refractivity contribution in [3.8, 4) is 11.3 Å². The molecule has 1 fully saturated rings. The molecule has 1 aromatic heterocycles. The molecule has 156 valence electrons. The van der Waals surface area contributed by atoms with Gasteiger partial charge in [0, 0.05) is 45.2 Å². The average molecular weight is 404 g/mol. The maximum Gasteiger partial charge on any atom is 0.230 e. The molecule has 0 bridgehead atoms. The molecule has 1 saturated heterocycles. The second-order valence-electron chi connectivity index (χ2n) is 8.50. The van der Waals surface area contributed by atoms with Gasteiger partial charge in [0.25, 0.3) is 0 Å². The molecule has 1 aliphatic heterocycles. The molecule has 3 aromatic rings. The summed E-state index contributed by atoms with van der Waals surface area (Å²) in [6.45, 7) is 2.58. The van der Waals surface area contributed by atoms with Gasteiger partial charge in [0.2, 0.25) is 5.91 Å². The Morgan fingerprint density at radius 3 is 2.50 bits per heavy atom. The first-order valence-electron chi connectivity index (χ1n) is 10.5. The van der Waals surface area contributed by atoms with Gasteiger partial charge in [-0.2, -0.15) is 0 Å². The lowest BCUT2D eigenvalue weighted by molar-refractivity contribution is -0.143. The van der Waals surface area contributed by atoms with Crippen LogP contribution in [-0.2, 0) is 17.8 Å². The van der Waals surface area contributed by atoms with E-state index in [1.807, 2.05) is 56.6 Å². The standard InChI is InChI=1S/C25H29N3O2/c1-27(2)24(29)25(14-9-15-28(19-25)18-20-10-5-3-6-11-20)17-22-16-23(26-30-22)21-12-7-4-8-13-21/h3-8,10-13,16H,9,14-15,17-19H2,1-2H3/t25-/m0/s1. The Morgan fingerprint density at radius 1 is 1.10 bits per heavy atom. The first-order valence-corrected chi connectivity index (χ1v) is 10.5. The van der Waals surface area contributed by atoms with E-state index in [4.69, 9.17) is 4.52 Å². The molecule has 0 unspecified atom stereocenters. The van der Waals surface area contributed by atoms with Crippen LogP contribution >= 0.6 is 0 Å². The first-order chi connectivity index (χ1) is 14.6. The van der Waals surface area contributed by atoms with Crippen LogP contribution in [0.2, 0.25) is 0 Å². The van der Waals surface area contributed by atoms with E-state index in [2.05, 4.69) is 34.3 Å². The fourth-order valence-corrected chi connectivity index (χ4v) is 4.55. The summed E-state index contributed by atoms with van der Waals surface area (Å²) in [7, 11) is 3.69. The third kappa shape index (κ3) is 4.46. The van der Waals surface area contributed by atoms with Crippen LogP contribution in [0, 0.1) is 5.41 Å². The minimum Gasteiger partial charge on any atom is -0.361 e. The van der Waals surface area contributed by atoms with E-state index in [1.54, 1.807) is 4.90 Å². The number of rotatable bonds is 6. The van der Waals surface area contributed by atoms with Gasteiger partial charge in [-0.3, -0.25) is 9.69 Å². The molecule has 2 aromatic carbocycles. The fraction of sp³-hybridized carbons (Fsp3) is 0.360. The number of carbonyl (C=O) groups is 1. The van der Waals surface area contributed by atoms with Crippen LogP contribution in [0.25, 0.3) is 11.3 Å². The molecular formula is C25H29N3O2. The zero-order chi connectivity index (χ0) is 21.0. The zero-order valence-electron chi connectivity index (χ0n) is 17.8. The van der Waals surface area contributed by atoms with Crippen molar-refractivity contribution in [2.24, 2.45) is 5.41 Å². The smallest absolute Gasteiger partial charge is 0.230 e. The number of nitrogens with zero attached hydrogens (tertiary/aromatic N) is 3. The molecule has 5 nitrogen and oxygen atoms in total. The van der Waals surface area contributed by atoms with Crippen molar-refractivity contribution < 1.29 is 9.32 Å². The highest BCUT2D eigenvalue weighted by molar-refractivity contribution is 5.83. The topological polar surface area (TPSA) is 49.6 Å². The van der Waals surface area contributed by atoms with E-state index in [-0.39, 0.29) is 5.91 Å². The maximum absolute atomic E-state index is 13.3. The predicted octanol–water partition coefficient (Wildman–Crippen LogP) is 4.25. The van der Waals surface area contributed by atoms with Gasteiger partial charge in [-0.25, -0.2) is 0 Å². The van der Waals surface area contributed by atoms with Gasteiger partial charge in [0.05, 0.1) is 5.41 Å². The Morgan fingerprint density at radius 2 is 1.80 bits per heavy atom. The van der Waals surface area contributed by atoms with Crippen LogP contribution in [0.15, 0.2) is 71.3 Å². The number of benzene rings is 2. The summed E-state index contributed by atoms with van der Waals surface area (Å²) in [6.07, 6.45) is 2.41. The predicted molar refractivity (Wildman–Crippen MR) is 118 cm³/mol. The highest BCUT2D eigenvalue weighted by atomic mass is 16.5. The van der Waals surface area contributed by atoms with Gasteiger partial charge in [0.15, 0.2) is 0 Å². The van der Waals surface area contributed by atoms with Crippen molar-refractivity contribution in [2.45, 2.75) is 25.8 Å². The quantitative estimate of drug-likeness (QED) is 0.617. The molecule has 5 heteroatoms. The fourth-order valence-electron chi connectivity index (χ4n) is 4.55. The molecule has 0 saturated carbocycles. The monoisotopic (exact) mass is 403 g/mol. The largest absolute Gasteiger partial charge is 0.361 e. The van der Waals surface area contributed by atoms with E-state index >= 15 is 0 Å². The molecule has 0 aliphatic carbocycles. The number of likely N-dealkylation sites (tertiary alicyclic amines) is 1. The molecule has 0 N–H and O–H groups in total. The summed E-state index contributed by atoms with van der Waals surface area (Å²) in [5.74, 6) is 0.934. The summed E-state index contributed by atoms with van der Waals surface area (Å²) in [5, 5.41) is 4.26. The highest BCUT2D eigenvalue weighted by Crippen LogP contribution is 2.37. The van der Waals surface area contributed by atoms with Crippen molar-refractivity contribution in [3.63, 3.8) is 0 Å². The summed E-state index contributed by atoms with van der Waals surface area (Å²) in [4.78, 5) is 17.5. The van der Waals surface area contributed by atoms with E-state index in [9.17, 15) is 4.79 Å². The van der Waals surface area contributed by atoms with E-state index < -0.39 is 5.41 Å². The summed E-state index contributed by atoms with van der Waals surface area (Å²) >= 11 is 0. The molecular weight excluding hydrogens is 374 g/mol. The van der Waals surface area contributed by atoms with Crippen LogP contribution in [0.1, 0.15) is 24.2 Å². The minimum absolute atomic E-state index is 0.165. The summed E-state index contributed by atoms with van der Waals surface area (Å²) < 4.78 is 5.69. The molecule has 2 heterocycles. The summed E-state index contributed by atoms with van der Waals surface area (Å²) in [6, 6.07) is 22.4. The minimum atomic E-state index is -0.496. The van der Waals surface area contributed by atoms with Gasteiger partial charge in [-0.05, 0) is 24.9 Å². The van der Waals surface area contributed by atoms with Gasteiger partial charge in [0.1, 0.15) is 11.5 Å². The Labute approximate surface area is 178 Å².